The molecule has 2 aliphatic carbocycles. The Morgan fingerprint density at radius 3 is 2.50 bits per heavy atom. The van der Waals surface area contributed by atoms with Gasteiger partial charge in [-0.25, -0.2) is 0 Å². The molecule has 0 aromatic heterocycles. The molecule has 2 bridgehead atoms. The Kier molecular flexibility index (Phi) is 2.14. The van der Waals surface area contributed by atoms with Gasteiger partial charge in [0.1, 0.15) is 5.54 Å². The van der Waals surface area contributed by atoms with Crippen LogP contribution in [0.4, 0.5) is 0 Å². The molecule has 0 N–H and O–H groups in total. The molecule has 0 unspecified atom stereocenters. The number of fused-ring (bicyclic) bond motifs is 5. The van der Waals surface area contributed by atoms with E-state index in [1.54, 1.807) is 0 Å². The van der Waals surface area contributed by atoms with Crippen LogP contribution in [0.2, 0.25) is 0 Å². The molecule has 0 radical (unpaired) electrons. The minimum atomic E-state index is -0.399. The number of terminal acetylenes is 1. The van der Waals surface area contributed by atoms with E-state index in [1.165, 1.54) is 24.8 Å². The Morgan fingerprint density at radius 2 is 1.80 bits per heavy atom. The molecule has 4 rings (SSSR count). The first-order valence-corrected chi connectivity index (χ1v) is 7.57. The van der Waals surface area contributed by atoms with Crippen molar-refractivity contribution in [3.63, 3.8) is 0 Å². The van der Waals surface area contributed by atoms with Crippen molar-refractivity contribution in [2.75, 3.05) is 0 Å². The molecule has 0 spiro atoms. The Bertz CT molecular complexity index is 625. The van der Waals surface area contributed by atoms with E-state index in [2.05, 4.69) is 55.2 Å². The lowest BCUT2D eigenvalue weighted by Gasteiger charge is -2.39. The smallest absolute Gasteiger partial charge is 0.152 e. The van der Waals surface area contributed by atoms with Crippen molar-refractivity contribution in [1.82, 2.24) is 0 Å². The minimum absolute atomic E-state index is 0.105. The van der Waals surface area contributed by atoms with E-state index in [1.807, 2.05) is 0 Å². The molecule has 4 atom stereocenters. The van der Waals surface area contributed by atoms with Crippen LogP contribution in [0.15, 0.2) is 40.6 Å². The van der Waals surface area contributed by atoms with Crippen LogP contribution < -0.4 is 0 Å². The van der Waals surface area contributed by atoms with Crippen molar-refractivity contribution in [3.8, 4) is 12.3 Å². The van der Waals surface area contributed by atoms with Crippen LogP contribution in [0, 0.1) is 29.6 Å². The highest BCUT2D eigenvalue weighted by molar-refractivity contribution is 5.44. The van der Waals surface area contributed by atoms with Gasteiger partial charge >= 0.3 is 0 Å². The van der Waals surface area contributed by atoms with E-state index in [9.17, 15) is 0 Å². The lowest BCUT2D eigenvalue weighted by atomic mass is 9.63. The fraction of sp³-hybridized carbons (Fsp3) is 0.556. The number of hydrogen-bond donors (Lipinski definition) is 0. The molecule has 0 saturated heterocycles. The number of azo groups is 1. The number of hydrogen-bond acceptors (Lipinski definition) is 2. The zero-order valence-corrected chi connectivity index (χ0v) is 12.1. The third-order valence-corrected chi connectivity index (χ3v) is 6.29. The van der Waals surface area contributed by atoms with Gasteiger partial charge in [0.05, 0.1) is 0 Å². The predicted molar refractivity (Wildman–Crippen MR) is 79.2 cm³/mol. The summed E-state index contributed by atoms with van der Waals surface area (Å²) in [5.41, 5.74) is 0.567. The standard InChI is InChI=1S/C18H20N2/c1-4-17-14-11-8-12-15(14)18(20-19-17,16(17,2)3)13-9-6-5-7-10-13/h1,5-7,9-10,14-15H,8,11-12H2,2-3H3/t14-,15+,17-,18+/m1/s1. The normalized spacial score (nSPS) is 43.5. The Labute approximate surface area is 120 Å². The van der Waals surface area contributed by atoms with Crippen LogP contribution in [0.1, 0.15) is 38.7 Å². The highest BCUT2D eigenvalue weighted by Crippen LogP contribution is 2.73. The Balaban J connectivity index is 2.01. The number of nitrogens with zero attached hydrogens (tertiary/aromatic N) is 2. The van der Waals surface area contributed by atoms with E-state index >= 15 is 0 Å². The topological polar surface area (TPSA) is 24.7 Å². The lowest BCUT2D eigenvalue weighted by Crippen LogP contribution is -2.45. The van der Waals surface area contributed by atoms with Crippen molar-refractivity contribution < 1.29 is 0 Å². The number of benzene rings is 1. The predicted octanol–water partition coefficient (Wildman–Crippen LogP) is 4.18. The van der Waals surface area contributed by atoms with Crippen LogP contribution in [0.25, 0.3) is 0 Å². The highest BCUT2D eigenvalue weighted by Gasteiger charge is 2.77. The fourth-order valence-electron chi connectivity index (χ4n) is 5.37. The van der Waals surface area contributed by atoms with Crippen LogP contribution in [0.3, 0.4) is 0 Å². The van der Waals surface area contributed by atoms with Gasteiger partial charge in [-0.05, 0) is 24.3 Å². The van der Waals surface area contributed by atoms with Crippen molar-refractivity contribution in [2.45, 2.75) is 44.2 Å². The third kappa shape index (κ3) is 0.996. The van der Waals surface area contributed by atoms with Gasteiger partial charge < -0.3 is 0 Å². The van der Waals surface area contributed by atoms with Gasteiger partial charge in [0.25, 0.3) is 0 Å². The molecular weight excluding hydrogens is 244 g/mol. The van der Waals surface area contributed by atoms with E-state index in [0.717, 1.165) is 0 Å². The fourth-order valence-corrected chi connectivity index (χ4v) is 5.37. The van der Waals surface area contributed by atoms with Gasteiger partial charge in [0.15, 0.2) is 5.54 Å². The maximum Gasteiger partial charge on any atom is 0.152 e. The largest absolute Gasteiger partial charge is 0.180 e. The molecule has 102 valence electrons. The van der Waals surface area contributed by atoms with Crippen molar-refractivity contribution in [1.29, 1.82) is 0 Å². The second kappa shape index (κ2) is 3.52. The molecule has 2 saturated carbocycles. The summed E-state index contributed by atoms with van der Waals surface area (Å²) in [5.74, 6) is 4.11. The van der Waals surface area contributed by atoms with Crippen molar-refractivity contribution in [2.24, 2.45) is 27.5 Å². The lowest BCUT2D eigenvalue weighted by molar-refractivity contribution is 0.167. The summed E-state index contributed by atoms with van der Waals surface area (Å²) in [5, 5.41) is 9.51. The Hall–Kier alpha value is -1.62. The van der Waals surface area contributed by atoms with Crippen LogP contribution in [-0.4, -0.2) is 5.54 Å². The molecule has 20 heavy (non-hydrogen) atoms. The summed E-state index contributed by atoms with van der Waals surface area (Å²) >= 11 is 0. The average molecular weight is 264 g/mol. The maximum atomic E-state index is 5.97. The molecule has 1 heterocycles. The summed E-state index contributed by atoms with van der Waals surface area (Å²) in [4.78, 5) is 0. The molecule has 2 nitrogen and oxygen atoms in total. The van der Waals surface area contributed by atoms with E-state index in [-0.39, 0.29) is 11.0 Å². The third-order valence-electron chi connectivity index (χ3n) is 6.29. The van der Waals surface area contributed by atoms with Crippen molar-refractivity contribution >= 4 is 0 Å². The second-order valence-electron chi connectivity index (χ2n) is 7.01. The van der Waals surface area contributed by atoms with Gasteiger partial charge in [-0.3, -0.25) is 0 Å². The van der Waals surface area contributed by atoms with Crippen LogP contribution in [-0.2, 0) is 5.54 Å². The molecular formula is C18H20N2. The summed E-state index contributed by atoms with van der Waals surface area (Å²) in [6.45, 7) is 4.55. The van der Waals surface area contributed by atoms with Gasteiger partial charge in [-0.1, -0.05) is 56.5 Å². The van der Waals surface area contributed by atoms with Gasteiger partial charge in [-0.15, -0.1) is 6.42 Å². The van der Waals surface area contributed by atoms with Gasteiger partial charge in [0, 0.05) is 11.3 Å². The maximum absolute atomic E-state index is 5.97. The summed E-state index contributed by atoms with van der Waals surface area (Å²) in [7, 11) is 0. The number of rotatable bonds is 1. The van der Waals surface area contributed by atoms with Crippen LogP contribution in [0.5, 0.6) is 0 Å². The molecule has 1 aliphatic heterocycles. The zero-order valence-electron chi connectivity index (χ0n) is 12.1. The Morgan fingerprint density at radius 1 is 1.10 bits per heavy atom. The monoisotopic (exact) mass is 264 g/mol. The summed E-state index contributed by atoms with van der Waals surface area (Å²) in [6.07, 6.45) is 9.66. The molecule has 1 aromatic rings. The molecule has 2 heteroatoms. The molecule has 1 aromatic carbocycles. The molecule has 0 amide bonds. The first-order valence-electron chi connectivity index (χ1n) is 7.57. The first-order chi connectivity index (χ1) is 9.60. The zero-order chi connectivity index (χ0) is 14.0. The van der Waals surface area contributed by atoms with E-state index < -0.39 is 5.54 Å². The summed E-state index contributed by atoms with van der Waals surface area (Å²) < 4.78 is 0. The van der Waals surface area contributed by atoms with E-state index in [0.29, 0.717) is 11.8 Å². The summed E-state index contributed by atoms with van der Waals surface area (Å²) in [6, 6.07) is 10.7. The molecule has 2 fully saturated rings. The second-order valence-corrected chi connectivity index (χ2v) is 7.01. The minimum Gasteiger partial charge on any atom is -0.180 e. The van der Waals surface area contributed by atoms with E-state index in [4.69, 9.17) is 11.5 Å². The van der Waals surface area contributed by atoms with Crippen LogP contribution >= 0.6 is 0 Å². The molecule has 3 aliphatic rings. The average Bonchev–Trinajstić information content (AvgIpc) is 3.07. The van der Waals surface area contributed by atoms with Gasteiger partial charge in [0.2, 0.25) is 0 Å². The first kappa shape index (κ1) is 12.1. The quantitative estimate of drug-likeness (QED) is 0.680. The highest BCUT2D eigenvalue weighted by atomic mass is 15.3. The SMILES string of the molecule is C#C[C@@]12N=N[C@@](c3ccccc3)([C@H]3CCC[C@H]31)C2(C)C. The van der Waals surface area contributed by atoms with Crippen molar-refractivity contribution in [3.05, 3.63) is 35.9 Å². The van der Waals surface area contributed by atoms with Gasteiger partial charge in [-0.2, -0.15) is 10.2 Å².